The maximum atomic E-state index is 10.3. The van der Waals surface area contributed by atoms with Crippen LogP contribution in [0.1, 0.15) is 27.2 Å². The zero-order valence-electron chi connectivity index (χ0n) is 6.85. The van der Waals surface area contributed by atoms with Gasteiger partial charge in [-0.25, -0.2) is 4.79 Å². The molecule has 0 saturated carbocycles. The first-order valence-corrected chi connectivity index (χ1v) is 3.63. The van der Waals surface area contributed by atoms with Gasteiger partial charge in [-0.05, 0) is 12.8 Å². The molecule has 2 atom stereocenters. The van der Waals surface area contributed by atoms with Gasteiger partial charge in [-0.3, -0.25) is 0 Å². The van der Waals surface area contributed by atoms with Crippen molar-refractivity contribution in [2.24, 2.45) is 11.7 Å². The molecule has 3 nitrogen and oxygen atoms in total. The summed E-state index contributed by atoms with van der Waals surface area (Å²) in [5.41, 5.74) is 4.94. The summed E-state index contributed by atoms with van der Waals surface area (Å²) < 4.78 is 0. The van der Waals surface area contributed by atoms with Crippen molar-refractivity contribution in [3.05, 3.63) is 0 Å². The van der Waals surface area contributed by atoms with E-state index >= 15 is 0 Å². The fourth-order valence-electron chi connectivity index (χ4n) is 0.720. The zero-order chi connectivity index (χ0) is 8.15. The van der Waals surface area contributed by atoms with Gasteiger partial charge in [0.2, 0.25) is 0 Å². The predicted octanol–water partition coefficient (Wildman–Crippen LogP) is 1.09. The molecule has 0 aromatic rings. The highest BCUT2D eigenvalue weighted by atomic mass is 16.2. The Labute approximate surface area is 62.0 Å². The number of hydrogen-bond donors (Lipinski definition) is 2. The van der Waals surface area contributed by atoms with E-state index < -0.39 is 6.03 Å². The van der Waals surface area contributed by atoms with E-state index in [9.17, 15) is 4.79 Å². The smallest absolute Gasteiger partial charge is 0.312 e. The van der Waals surface area contributed by atoms with Gasteiger partial charge in [-0.15, -0.1) is 0 Å². The Kier molecular flexibility index (Phi) is 3.84. The number of hydrogen-bond acceptors (Lipinski definition) is 1. The second-order valence-electron chi connectivity index (χ2n) is 2.68. The molecule has 0 heterocycles. The van der Waals surface area contributed by atoms with E-state index in [1.165, 1.54) is 0 Å². The molecular formula is C7H16N2O. The van der Waals surface area contributed by atoms with E-state index in [1.54, 1.807) is 0 Å². The fourth-order valence-corrected chi connectivity index (χ4v) is 0.720. The van der Waals surface area contributed by atoms with Gasteiger partial charge >= 0.3 is 6.03 Å². The molecule has 10 heavy (non-hydrogen) atoms. The number of carbonyl (C=O) groups excluding carboxylic acids is 1. The molecular weight excluding hydrogens is 128 g/mol. The van der Waals surface area contributed by atoms with Gasteiger partial charge in [0.25, 0.3) is 0 Å². The summed E-state index contributed by atoms with van der Waals surface area (Å²) in [6.45, 7) is 6.13. The Morgan fingerprint density at radius 2 is 2.10 bits per heavy atom. The summed E-state index contributed by atoms with van der Waals surface area (Å²) >= 11 is 0. The highest BCUT2D eigenvalue weighted by Gasteiger charge is 2.09. The van der Waals surface area contributed by atoms with Crippen LogP contribution in [0.2, 0.25) is 0 Å². The summed E-state index contributed by atoms with van der Waals surface area (Å²) in [5.74, 6) is 0.493. The molecule has 0 aromatic carbocycles. The molecule has 0 rings (SSSR count). The lowest BCUT2D eigenvalue weighted by atomic mass is 10.0. The first kappa shape index (κ1) is 9.27. The molecule has 0 bridgehead atoms. The van der Waals surface area contributed by atoms with Gasteiger partial charge in [-0.1, -0.05) is 20.3 Å². The minimum absolute atomic E-state index is 0.183. The molecule has 0 spiro atoms. The second kappa shape index (κ2) is 4.14. The quantitative estimate of drug-likeness (QED) is 0.612. The van der Waals surface area contributed by atoms with E-state index in [2.05, 4.69) is 19.2 Å². The summed E-state index contributed by atoms with van der Waals surface area (Å²) in [6, 6.07) is -0.254. The van der Waals surface area contributed by atoms with Crippen molar-refractivity contribution in [2.45, 2.75) is 33.2 Å². The van der Waals surface area contributed by atoms with Crippen LogP contribution in [0.4, 0.5) is 4.79 Å². The Morgan fingerprint density at radius 3 is 2.40 bits per heavy atom. The molecule has 60 valence electrons. The van der Waals surface area contributed by atoms with E-state index in [0.717, 1.165) is 6.42 Å². The predicted molar refractivity (Wildman–Crippen MR) is 41.6 cm³/mol. The monoisotopic (exact) mass is 144 g/mol. The maximum Gasteiger partial charge on any atom is 0.312 e. The van der Waals surface area contributed by atoms with Crippen LogP contribution in [0.25, 0.3) is 0 Å². The SMILES string of the molecule is CCC(C)C(C)NC(N)=O. The van der Waals surface area contributed by atoms with Crippen LogP contribution in [0.15, 0.2) is 0 Å². The minimum atomic E-state index is -0.437. The Morgan fingerprint density at radius 1 is 1.60 bits per heavy atom. The Hall–Kier alpha value is -0.730. The molecule has 0 aliphatic rings. The Bertz CT molecular complexity index is 114. The van der Waals surface area contributed by atoms with Crippen molar-refractivity contribution >= 4 is 6.03 Å². The van der Waals surface area contributed by atoms with E-state index in [0.29, 0.717) is 5.92 Å². The average Bonchev–Trinajstić information content (AvgIpc) is 1.85. The molecule has 3 N–H and O–H groups in total. The number of primary amides is 1. The van der Waals surface area contributed by atoms with Crippen molar-refractivity contribution < 1.29 is 4.79 Å². The zero-order valence-corrected chi connectivity index (χ0v) is 6.85. The van der Waals surface area contributed by atoms with Gasteiger partial charge < -0.3 is 11.1 Å². The van der Waals surface area contributed by atoms with Crippen molar-refractivity contribution in [1.82, 2.24) is 5.32 Å². The third kappa shape index (κ3) is 3.33. The van der Waals surface area contributed by atoms with Gasteiger partial charge in [0.1, 0.15) is 0 Å². The number of nitrogens with two attached hydrogens (primary N) is 1. The number of carbonyl (C=O) groups is 1. The maximum absolute atomic E-state index is 10.3. The molecule has 2 amide bonds. The Balaban J connectivity index is 3.61. The molecule has 0 radical (unpaired) electrons. The van der Waals surface area contributed by atoms with Crippen molar-refractivity contribution in [3.8, 4) is 0 Å². The third-order valence-corrected chi connectivity index (χ3v) is 1.87. The van der Waals surface area contributed by atoms with E-state index in [4.69, 9.17) is 5.73 Å². The van der Waals surface area contributed by atoms with Crippen molar-refractivity contribution in [1.29, 1.82) is 0 Å². The molecule has 0 aliphatic heterocycles. The normalized spacial score (nSPS) is 15.9. The summed E-state index contributed by atoms with van der Waals surface area (Å²) in [4.78, 5) is 10.3. The second-order valence-corrected chi connectivity index (χ2v) is 2.68. The lowest BCUT2D eigenvalue weighted by Gasteiger charge is -2.17. The van der Waals surface area contributed by atoms with Crippen LogP contribution in [-0.4, -0.2) is 12.1 Å². The van der Waals surface area contributed by atoms with Gasteiger partial charge in [0, 0.05) is 6.04 Å². The van der Waals surface area contributed by atoms with Crippen LogP contribution in [0.5, 0.6) is 0 Å². The van der Waals surface area contributed by atoms with Crippen molar-refractivity contribution in [2.75, 3.05) is 0 Å². The van der Waals surface area contributed by atoms with E-state index in [1.807, 2.05) is 6.92 Å². The summed E-state index contributed by atoms with van der Waals surface area (Å²) in [7, 11) is 0. The largest absolute Gasteiger partial charge is 0.352 e. The standard InChI is InChI=1S/C7H16N2O/c1-4-5(2)6(3)9-7(8)10/h5-6H,4H2,1-3H3,(H3,8,9,10). The van der Waals surface area contributed by atoms with Crippen LogP contribution in [0, 0.1) is 5.92 Å². The molecule has 2 unspecified atom stereocenters. The minimum Gasteiger partial charge on any atom is -0.352 e. The van der Waals surface area contributed by atoms with Gasteiger partial charge in [0.05, 0.1) is 0 Å². The first-order chi connectivity index (χ1) is 4.57. The van der Waals surface area contributed by atoms with Crippen LogP contribution in [0.3, 0.4) is 0 Å². The number of rotatable bonds is 3. The lowest BCUT2D eigenvalue weighted by molar-refractivity contribution is 0.241. The fraction of sp³-hybridized carbons (Fsp3) is 0.857. The number of amides is 2. The van der Waals surface area contributed by atoms with Crippen molar-refractivity contribution in [3.63, 3.8) is 0 Å². The lowest BCUT2D eigenvalue weighted by Crippen LogP contribution is -2.40. The summed E-state index contributed by atoms with van der Waals surface area (Å²) in [6.07, 6.45) is 1.06. The average molecular weight is 144 g/mol. The first-order valence-electron chi connectivity index (χ1n) is 3.63. The highest BCUT2D eigenvalue weighted by Crippen LogP contribution is 2.05. The molecule has 3 heteroatoms. The van der Waals surface area contributed by atoms with Crippen LogP contribution >= 0.6 is 0 Å². The summed E-state index contributed by atoms with van der Waals surface area (Å²) in [5, 5.41) is 2.63. The molecule has 0 aliphatic carbocycles. The third-order valence-electron chi connectivity index (χ3n) is 1.87. The number of urea groups is 1. The number of nitrogens with one attached hydrogen (secondary N) is 1. The van der Waals surface area contributed by atoms with Gasteiger partial charge in [0.15, 0.2) is 0 Å². The van der Waals surface area contributed by atoms with Crippen LogP contribution in [-0.2, 0) is 0 Å². The van der Waals surface area contributed by atoms with E-state index in [-0.39, 0.29) is 6.04 Å². The van der Waals surface area contributed by atoms with Gasteiger partial charge in [-0.2, -0.15) is 0 Å². The molecule has 0 saturated heterocycles. The topological polar surface area (TPSA) is 55.1 Å². The highest BCUT2D eigenvalue weighted by molar-refractivity contribution is 5.71. The molecule has 0 fully saturated rings. The molecule has 0 aromatic heterocycles. The van der Waals surface area contributed by atoms with Crippen LogP contribution < -0.4 is 11.1 Å².